The summed E-state index contributed by atoms with van der Waals surface area (Å²) in [5.41, 5.74) is 0.112. The third-order valence-corrected chi connectivity index (χ3v) is 6.24. The van der Waals surface area contributed by atoms with Gasteiger partial charge in [0, 0.05) is 57.1 Å². The minimum Gasteiger partial charge on any atom is -0.342 e. The molecule has 1 atom stereocenters. The minimum atomic E-state index is 0.112. The van der Waals surface area contributed by atoms with E-state index in [0.717, 1.165) is 63.9 Å². The van der Waals surface area contributed by atoms with Gasteiger partial charge in [-0.1, -0.05) is 0 Å². The van der Waals surface area contributed by atoms with E-state index in [9.17, 15) is 4.79 Å². The van der Waals surface area contributed by atoms with Gasteiger partial charge < -0.3 is 4.90 Å². The van der Waals surface area contributed by atoms with Gasteiger partial charge >= 0.3 is 0 Å². The standard InChI is InChI=1S/C19H29N5O/c1-22-11-12-23(14-17-20-8-2-9-21-17)15-19(22)6-5-18(25)24(10-7-19)13-16-3-4-16/h2,8-9,16H,3-7,10-15H2,1H3/t19-/m0/s1. The molecule has 136 valence electrons. The highest BCUT2D eigenvalue weighted by atomic mass is 16.2. The number of hydrogen-bond acceptors (Lipinski definition) is 5. The maximum absolute atomic E-state index is 12.6. The van der Waals surface area contributed by atoms with Crippen molar-refractivity contribution < 1.29 is 4.79 Å². The molecule has 0 N–H and O–H groups in total. The van der Waals surface area contributed by atoms with Gasteiger partial charge in [-0.25, -0.2) is 9.97 Å². The number of nitrogens with zero attached hydrogens (tertiary/aromatic N) is 5. The molecule has 1 spiro atoms. The second-order valence-electron chi connectivity index (χ2n) is 8.05. The number of amides is 1. The van der Waals surface area contributed by atoms with Crippen LogP contribution in [0.15, 0.2) is 18.5 Å². The van der Waals surface area contributed by atoms with Gasteiger partial charge in [0.2, 0.25) is 5.91 Å². The van der Waals surface area contributed by atoms with Gasteiger partial charge in [0.1, 0.15) is 5.82 Å². The third kappa shape index (κ3) is 3.85. The fraction of sp³-hybridized carbons (Fsp3) is 0.737. The van der Waals surface area contributed by atoms with Crippen LogP contribution in [-0.4, -0.2) is 75.9 Å². The molecule has 1 saturated carbocycles. The maximum atomic E-state index is 12.6. The van der Waals surface area contributed by atoms with Crippen LogP contribution in [0.2, 0.25) is 0 Å². The predicted molar refractivity (Wildman–Crippen MR) is 95.8 cm³/mol. The number of hydrogen-bond donors (Lipinski definition) is 0. The summed E-state index contributed by atoms with van der Waals surface area (Å²) in [5, 5.41) is 0. The predicted octanol–water partition coefficient (Wildman–Crippen LogP) is 1.39. The van der Waals surface area contributed by atoms with E-state index >= 15 is 0 Å². The molecule has 1 amide bonds. The summed E-state index contributed by atoms with van der Waals surface area (Å²) in [6.07, 6.45) is 8.97. The number of rotatable bonds is 4. The highest BCUT2D eigenvalue weighted by Gasteiger charge is 2.42. The fourth-order valence-electron chi connectivity index (χ4n) is 4.33. The van der Waals surface area contributed by atoms with E-state index in [0.29, 0.717) is 12.3 Å². The van der Waals surface area contributed by atoms with E-state index in [1.54, 1.807) is 0 Å². The zero-order chi connectivity index (χ0) is 17.3. The Hall–Kier alpha value is -1.53. The molecule has 6 heteroatoms. The van der Waals surface area contributed by atoms with Gasteiger partial charge in [-0.15, -0.1) is 0 Å². The first kappa shape index (κ1) is 16.9. The number of piperazine rings is 1. The maximum Gasteiger partial charge on any atom is 0.222 e. The van der Waals surface area contributed by atoms with Crippen LogP contribution in [0.3, 0.4) is 0 Å². The van der Waals surface area contributed by atoms with Gasteiger partial charge in [-0.05, 0) is 44.7 Å². The lowest BCUT2D eigenvalue weighted by Gasteiger charge is -2.49. The molecule has 0 radical (unpaired) electrons. The average molecular weight is 343 g/mol. The first-order valence-corrected chi connectivity index (χ1v) is 9.62. The number of likely N-dealkylation sites (N-methyl/N-ethyl adjacent to an activating group) is 1. The molecule has 3 aliphatic rings. The monoisotopic (exact) mass is 343 g/mol. The normalized spacial score (nSPS) is 29.2. The number of carbonyl (C=O) groups is 1. The second kappa shape index (κ2) is 7.00. The Kier molecular flexibility index (Phi) is 4.73. The molecule has 0 unspecified atom stereocenters. The fourth-order valence-corrected chi connectivity index (χ4v) is 4.33. The lowest BCUT2D eigenvalue weighted by molar-refractivity contribution is -0.131. The molecular weight excluding hydrogens is 314 g/mol. The van der Waals surface area contributed by atoms with Crippen molar-refractivity contribution >= 4 is 5.91 Å². The molecule has 3 fully saturated rings. The van der Waals surface area contributed by atoms with Crippen LogP contribution in [0.5, 0.6) is 0 Å². The molecule has 2 aliphatic heterocycles. The summed E-state index contributed by atoms with van der Waals surface area (Å²) in [7, 11) is 2.23. The summed E-state index contributed by atoms with van der Waals surface area (Å²) >= 11 is 0. The molecule has 0 aromatic carbocycles. The third-order valence-electron chi connectivity index (χ3n) is 6.24. The quantitative estimate of drug-likeness (QED) is 0.827. The van der Waals surface area contributed by atoms with Gasteiger partial charge in [0.05, 0.1) is 6.54 Å². The van der Waals surface area contributed by atoms with Crippen LogP contribution >= 0.6 is 0 Å². The Balaban J connectivity index is 1.43. The van der Waals surface area contributed by atoms with Crippen LogP contribution in [0, 0.1) is 5.92 Å². The lowest BCUT2D eigenvalue weighted by Crippen LogP contribution is -2.60. The van der Waals surface area contributed by atoms with E-state index in [4.69, 9.17) is 0 Å². The highest BCUT2D eigenvalue weighted by molar-refractivity contribution is 5.76. The Labute approximate surface area is 150 Å². The average Bonchev–Trinajstić information content (AvgIpc) is 3.45. The second-order valence-corrected chi connectivity index (χ2v) is 8.05. The Morgan fingerprint density at radius 1 is 1.16 bits per heavy atom. The van der Waals surface area contributed by atoms with Crippen LogP contribution in [0.25, 0.3) is 0 Å². The summed E-state index contributed by atoms with van der Waals surface area (Å²) in [4.78, 5) is 28.4. The van der Waals surface area contributed by atoms with Gasteiger partial charge in [-0.3, -0.25) is 14.6 Å². The van der Waals surface area contributed by atoms with Crippen molar-refractivity contribution in [3.8, 4) is 0 Å². The van der Waals surface area contributed by atoms with E-state index in [-0.39, 0.29) is 5.54 Å². The van der Waals surface area contributed by atoms with Crippen molar-refractivity contribution in [2.24, 2.45) is 5.92 Å². The van der Waals surface area contributed by atoms with Crippen molar-refractivity contribution in [3.63, 3.8) is 0 Å². The van der Waals surface area contributed by atoms with Gasteiger partial charge in [0.15, 0.2) is 0 Å². The van der Waals surface area contributed by atoms with Crippen molar-refractivity contribution in [1.82, 2.24) is 24.7 Å². The van der Waals surface area contributed by atoms with Gasteiger partial charge in [0.25, 0.3) is 0 Å². The summed E-state index contributed by atoms with van der Waals surface area (Å²) in [6.45, 7) is 5.79. The molecule has 1 aromatic rings. The summed E-state index contributed by atoms with van der Waals surface area (Å²) < 4.78 is 0. The van der Waals surface area contributed by atoms with Crippen molar-refractivity contribution in [2.75, 3.05) is 39.8 Å². The molecule has 0 bridgehead atoms. The molecule has 3 heterocycles. The SMILES string of the molecule is CN1CCN(Cc2ncccn2)C[C@@]12CCC(=O)N(CC1CC1)CC2. The summed E-state index contributed by atoms with van der Waals surface area (Å²) in [5.74, 6) is 2.02. The van der Waals surface area contributed by atoms with E-state index in [1.165, 1.54) is 12.8 Å². The Bertz CT molecular complexity index is 605. The van der Waals surface area contributed by atoms with Crippen LogP contribution < -0.4 is 0 Å². The topological polar surface area (TPSA) is 52.6 Å². The van der Waals surface area contributed by atoms with E-state index in [1.807, 2.05) is 18.5 Å². The van der Waals surface area contributed by atoms with Crippen molar-refractivity contribution in [2.45, 2.75) is 44.2 Å². The Morgan fingerprint density at radius 2 is 1.96 bits per heavy atom. The largest absolute Gasteiger partial charge is 0.342 e. The first-order valence-electron chi connectivity index (χ1n) is 9.62. The molecule has 25 heavy (non-hydrogen) atoms. The molecular formula is C19H29N5O. The van der Waals surface area contributed by atoms with E-state index in [2.05, 4.69) is 31.7 Å². The first-order chi connectivity index (χ1) is 12.1. The molecule has 2 saturated heterocycles. The van der Waals surface area contributed by atoms with Crippen LogP contribution in [0.1, 0.15) is 37.9 Å². The number of carbonyl (C=O) groups excluding carboxylic acids is 1. The zero-order valence-electron chi connectivity index (χ0n) is 15.2. The lowest BCUT2D eigenvalue weighted by atomic mass is 9.86. The zero-order valence-corrected chi connectivity index (χ0v) is 15.2. The molecule has 1 aromatic heterocycles. The minimum absolute atomic E-state index is 0.112. The molecule has 4 rings (SSSR count). The molecule has 1 aliphatic carbocycles. The van der Waals surface area contributed by atoms with Crippen LogP contribution in [0.4, 0.5) is 0 Å². The van der Waals surface area contributed by atoms with Crippen molar-refractivity contribution in [1.29, 1.82) is 0 Å². The summed E-state index contributed by atoms with van der Waals surface area (Å²) in [6, 6.07) is 1.86. The Morgan fingerprint density at radius 3 is 2.72 bits per heavy atom. The molecule has 6 nitrogen and oxygen atoms in total. The highest BCUT2D eigenvalue weighted by Crippen LogP contribution is 2.35. The van der Waals surface area contributed by atoms with E-state index < -0.39 is 0 Å². The van der Waals surface area contributed by atoms with Crippen molar-refractivity contribution in [3.05, 3.63) is 24.3 Å². The smallest absolute Gasteiger partial charge is 0.222 e. The number of likely N-dealkylation sites (tertiary alicyclic amines) is 1. The number of aromatic nitrogens is 2. The van der Waals surface area contributed by atoms with Crippen LogP contribution in [-0.2, 0) is 11.3 Å². The van der Waals surface area contributed by atoms with Gasteiger partial charge in [-0.2, -0.15) is 0 Å².